The molecule has 2 aliphatic rings. The van der Waals surface area contributed by atoms with Crippen LogP contribution in [0.4, 0.5) is 0 Å². The SMILES string of the molecule is CN=C(NCC(C)(C)SC)N1CCC(CN2CCOCC2)C1.I. The number of aliphatic imine (C=N–C) groups is 1. The second-order valence-electron chi connectivity index (χ2n) is 6.88. The van der Waals surface area contributed by atoms with Crippen molar-refractivity contribution in [2.75, 3.05) is 65.8 Å². The topological polar surface area (TPSA) is 40.1 Å². The molecule has 5 nitrogen and oxygen atoms in total. The molecule has 136 valence electrons. The Morgan fingerprint density at radius 2 is 2.00 bits per heavy atom. The molecule has 0 aliphatic carbocycles. The lowest BCUT2D eigenvalue weighted by Gasteiger charge is -2.30. The van der Waals surface area contributed by atoms with Gasteiger partial charge in [-0.15, -0.1) is 24.0 Å². The van der Waals surface area contributed by atoms with Crippen molar-refractivity contribution in [3.05, 3.63) is 0 Å². The zero-order chi connectivity index (χ0) is 16.0. The third-order valence-electron chi connectivity index (χ3n) is 4.64. The Morgan fingerprint density at radius 1 is 1.30 bits per heavy atom. The minimum absolute atomic E-state index is 0. The molecular weight excluding hydrogens is 423 g/mol. The van der Waals surface area contributed by atoms with Gasteiger partial charge in [0.15, 0.2) is 5.96 Å². The standard InChI is InChI=1S/C16H32N4OS.HI/c1-16(2,22-4)13-18-15(17-3)20-6-5-14(12-20)11-19-7-9-21-10-8-19;/h14H,5-13H2,1-4H3,(H,17,18);1H. The van der Waals surface area contributed by atoms with E-state index in [4.69, 9.17) is 4.74 Å². The highest BCUT2D eigenvalue weighted by molar-refractivity contribution is 14.0. The Hall–Kier alpha value is 0.270. The highest BCUT2D eigenvalue weighted by atomic mass is 127. The number of guanidine groups is 1. The fraction of sp³-hybridized carbons (Fsp3) is 0.938. The van der Waals surface area contributed by atoms with Crippen LogP contribution in [0.1, 0.15) is 20.3 Å². The largest absolute Gasteiger partial charge is 0.379 e. The van der Waals surface area contributed by atoms with Gasteiger partial charge in [0.05, 0.1) is 13.2 Å². The van der Waals surface area contributed by atoms with E-state index in [0.29, 0.717) is 0 Å². The fourth-order valence-electron chi connectivity index (χ4n) is 3.02. The number of halogens is 1. The first-order valence-electron chi connectivity index (χ1n) is 8.35. The van der Waals surface area contributed by atoms with Gasteiger partial charge in [0, 0.05) is 51.1 Å². The molecule has 2 aliphatic heterocycles. The Morgan fingerprint density at radius 3 is 2.61 bits per heavy atom. The van der Waals surface area contributed by atoms with Crippen LogP contribution in [0.3, 0.4) is 0 Å². The van der Waals surface area contributed by atoms with Crippen molar-refractivity contribution in [2.45, 2.75) is 25.0 Å². The molecule has 0 aromatic heterocycles. The summed E-state index contributed by atoms with van der Waals surface area (Å²) in [6.07, 6.45) is 3.43. The van der Waals surface area contributed by atoms with Crippen LogP contribution >= 0.6 is 35.7 Å². The third kappa shape index (κ3) is 6.96. The molecule has 2 fully saturated rings. The van der Waals surface area contributed by atoms with Gasteiger partial charge >= 0.3 is 0 Å². The molecule has 0 spiro atoms. The van der Waals surface area contributed by atoms with Crippen LogP contribution in [0.25, 0.3) is 0 Å². The normalized spacial score (nSPS) is 23.7. The van der Waals surface area contributed by atoms with E-state index >= 15 is 0 Å². The van der Waals surface area contributed by atoms with Crippen molar-refractivity contribution in [3.8, 4) is 0 Å². The summed E-state index contributed by atoms with van der Waals surface area (Å²) >= 11 is 1.89. The molecule has 0 saturated carbocycles. The second-order valence-corrected chi connectivity index (χ2v) is 8.39. The lowest BCUT2D eigenvalue weighted by atomic mass is 10.1. The maximum atomic E-state index is 5.43. The molecule has 1 atom stereocenters. The molecule has 0 aromatic carbocycles. The first-order chi connectivity index (χ1) is 10.5. The van der Waals surface area contributed by atoms with E-state index in [1.807, 2.05) is 18.8 Å². The van der Waals surface area contributed by atoms with Crippen molar-refractivity contribution in [1.29, 1.82) is 0 Å². The Bertz CT molecular complexity index is 375. The van der Waals surface area contributed by atoms with E-state index < -0.39 is 0 Å². The van der Waals surface area contributed by atoms with Crippen LogP contribution in [-0.4, -0.2) is 86.3 Å². The van der Waals surface area contributed by atoms with Crippen molar-refractivity contribution in [1.82, 2.24) is 15.1 Å². The summed E-state index contributed by atoms with van der Waals surface area (Å²) < 4.78 is 5.67. The van der Waals surface area contributed by atoms with Crippen LogP contribution in [-0.2, 0) is 4.74 Å². The van der Waals surface area contributed by atoms with Gasteiger partial charge in [0.2, 0.25) is 0 Å². The molecule has 0 radical (unpaired) electrons. The number of morpholine rings is 1. The van der Waals surface area contributed by atoms with Crippen LogP contribution in [0.15, 0.2) is 4.99 Å². The summed E-state index contributed by atoms with van der Waals surface area (Å²) in [4.78, 5) is 9.44. The van der Waals surface area contributed by atoms with E-state index in [-0.39, 0.29) is 28.7 Å². The van der Waals surface area contributed by atoms with E-state index in [1.54, 1.807) is 0 Å². The highest BCUT2D eigenvalue weighted by Gasteiger charge is 2.27. The van der Waals surface area contributed by atoms with Gasteiger partial charge in [-0.1, -0.05) is 0 Å². The first kappa shape index (κ1) is 21.3. The molecule has 0 aromatic rings. The summed E-state index contributed by atoms with van der Waals surface area (Å²) in [7, 11) is 1.89. The lowest BCUT2D eigenvalue weighted by molar-refractivity contribution is 0.0315. The molecule has 7 heteroatoms. The predicted molar refractivity (Wildman–Crippen MR) is 111 cm³/mol. The Kier molecular flexibility index (Phi) is 9.55. The molecule has 0 amide bonds. The monoisotopic (exact) mass is 456 g/mol. The molecular formula is C16H33IN4OS. The minimum atomic E-state index is 0. The number of likely N-dealkylation sites (tertiary alicyclic amines) is 1. The Balaban J connectivity index is 0.00000264. The van der Waals surface area contributed by atoms with Gasteiger partial charge in [0.25, 0.3) is 0 Å². The number of hydrogen-bond donors (Lipinski definition) is 1. The van der Waals surface area contributed by atoms with Gasteiger partial charge in [-0.25, -0.2) is 0 Å². The highest BCUT2D eigenvalue weighted by Crippen LogP contribution is 2.21. The van der Waals surface area contributed by atoms with Crippen molar-refractivity contribution >= 4 is 41.7 Å². The Labute approximate surface area is 163 Å². The summed E-state index contributed by atoms with van der Waals surface area (Å²) in [5.41, 5.74) is 0. The van der Waals surface area contributed by atoms with E-state index in [1.165, 1.54) is 13.0 Å². The molecule has 1 N–H and O–H groups in total. The first-order valence-corrected chi connectivity index (χ1v) is 9.57. The molecule has 2 saturated heterocycles. The summed E-state index contributed by atoms with van der Waals surface area (Å²) in [6.45, 7) is 12.9. The van der Waals surface area contributed by atoms with E-state index in [2.05, 4.69) is 40.2 Å². The number of nitrogens with one attached hydrogen (secondary N) is 1. The van der Waals surface area contributed by atoms with Gasteiger partial charge < -0.3 is 15.0 Å². The zero-order valence-electron chi connectivity index (χ0n) is 15.0. The molecule has 2 rings (SSSR count). The van der Waals surface area contributed by atoms with Crippen molar-refractivity contribution < 1.29 is 4.74 Å². The van der Waals surface area contributed by atoms with Crippen molar-refractivity contribution in [2.24, 2.45) is 10.9 Å². The van der Waals surface area contributed by atoms with Gasteiger partial charge in [-0.2, -0.15) is 11.8 Å². The average molecular weight is 456 g/mol. The van der Waals surface area contributed by atoms with Crippen LogP contribution in [0.5, 0.6) is 0 Å². The second kappa shape index (κ2) is 10.3. The molecule has 23 heavy (non-hydrogen) atoms. The van der Waals surface area contributed by atoms with E-state index in [0.717, 1.165) is 57.8 Å². The molecule has 0 bridgehead atoms. The van der Waals surface area contributed by atoms with Crippen LogP contribution in [0, 0.1) is 5.92 Å². The number of thioether (sulfide) groups is 1. The maximum absolute atomic E-state index is 5.43. The zero-order valence-corrected chi connectivity index (χ0v) is 18.2. The van der Waals surface area contributed by atoms with E-state index in [9.17, 15) is 0 Å². The van der Waals surface area contributed by atoms with Crippen molar-refractivity contribution in [3.63, 3.8) is 0 Å². The minimum Gasteiger partial charge on any atom is -0.379 e. The fourth-order valence-corrected chi connectivity index (χ4v) is 3.24. The van der Waals surface area contributed by atoms with Gasteiger partial charge in [-0.05, 0) is 32.4 Å². The predicted octanol–water partition coefficient (Wildman–Crippen LogP) is 1.98. The third-order valence-corrected chi connectivity index (χ3v) is 5.89. The maximum Gasteiger partial charge on any atom is 0.193 e. The van der Waals surface area contributed by atoms with Crippen LogP contribution in [0.2, 0.25) is 0 Å². The number of rotatable bonds is 5. The molecule has 2 heterocycles. The number of ether oxygens (including phenoxy) is 1. The lowest BCUT2D eigenvalue weighted by Crippen LogP contribution is -2.45. The van der Waals surface area contributed by atoms with Gasteiger partial charge in [0.1, 0.15) is 0 Å². The smallest absolute Gasteiger partial charge is 0.193 e. The number of nitrogens with zero attached hydrogens (tertiary/aromatic N) is 3. The average Bonchev–Trinajstić information content (AvgIpc) is 2.97. The summed E-state index contributed by atoms with van der Waals surface area (Å²) in [5.74, 6) is 1.82. The van der Waals surface area contributed by atoms with Crippen LogP contribution < -0.4 is 5.32 Å². The summed E-state index contributed by atoms with van der Waals surface area (Å²) in [5, 5.41) is 3.55. The molecule has 1 unspecified atom stereocenters. The quantitative estimate of drug-likeness (QED) is 0.389. The number of hydrogen-bond acceptors (Lipinski definition) is 4. The van der Waals surface area contributed by atoms with Gasteiger partial charge in [-0.3, -0.25) is 9.89 Å². The summed E-state index contributed by atoms with van der Waals surface area (Å²) in [6, 6.07) is 0.